The normalized spacial score (nSPS) is 11.5. The van der Waals surface area contributed by atoms with Crippen molar-refractivity contribution in [3.63, 3.8) is 0 Å². The molecule has 0 spiro atoms. The summed E-state index contributed by atoms with van der Waals surface area (Å²) < 4.78 is 8.18. The lowest BCUT2D eigenvalue weighted by molar-refractivity contribution is 0.104. The third-order valence-electron chi connectivity index (χ3n) is 3.58. The largest absolute Gasteiger partial charge is 0.460 e. The zero-order chi connectivity index (χ0) is 14.4. The topological polar surface area (TPSA) is 30.2 Å². The molecule has 4 rings (SSSR count). The SMILES string of the molecule is CCc1oc2ccccc2c1C(=O)c1cc2sccc2s1. The van der Waals surface area contributed by atoms with Gasteiger partial charge in [-0.05, 0) is 23.6 Å². The molecule has 0 bridgehead atoms. The van der Waals surface area contributed by atoms with Gasteiger partial charge in [-0.15, -0.1) is 22.7 Å². The van der Waals surface area contributed by atoms with Crippen molar-refractivity contribution in [1.29, 1.82) is 0 Å². The van der Waals surface area contributed by atoms with Crippen LogP contribution in [0.3, 0.4) is 0 Å². The Kier molecular flexibility index (Phi) is 2.94. The molecule has 0 unspecified atom stereocenters. The molecule has 0 radical (unpaired) electrons. The fourth-order valence-electron chi connectivity index (χ4n) is 2.59. The number of carbonyl (C=O) groups is 1. The first kappa shape index (κ1) is 12.8. The monoisotopic (exact) mass is 312 g/mol. The van der Waals surface area contributed by atoms with E-state index in [9.17, 15) is 4.79 Å². The molecule has 0 N–H and O–H groups in total. The number of furan rings is 1. The van der Waals surface area contributed by atoms with Crippen LogP contribution in [0.25, 0.3) is 20.4 Å². The second-order valence-corrected chi connectivity index (χ2v) is 6.87. The van der Waals surface area contributed by atoms with Crippen molar-refractivity contribution < 1.29 is 9.21 Å². The molecule has 104 valence electrons. The highest BCUT2D eigenvalue weighted by atomic mass is 32.1. The number of hydrogen-bond donors (Lipinski definition) is 0. The van der Waals surface area contributed by atoms with E-state index in [4.69, 9.17) is 4.42 Å². The number of ketones is 1. The van der Waals surface area contributed by atoms with Crippen molar-refractivity contribution in [3.8, 4) is 0 Å². The quantitative estimate of drug-likeness (QED) is 0.467. The summed E-state index contributed by atoms with van der Waals surface area (Å²) in [4.78, 5) is 13.7. The third-order valence-corrected chi connectivity index (χ3v) is 5.67. The van der Waals surface area contributed by atoms with Crippen LogP contribution in [0.1, 0.15) is 27.9 Å². The summed E-state index contributed by atoms with van der Waals surface area (Å²) in [7, 11) is 0. The molecule has 0 saturated carbocycles. The van der Waals surface area contributed by atoms with E-state index in [-0.39, 0.29) is 5.78 Å². The van der Waals surface area contributed by atoms with Crippen LogP contribution in [0, 0.1) is 0 Å². The highest BCUT2D eigenvalue weighted by Gasteiger charge is 2.22. The maximum absolute atomic E-state index is 12.9. The van der Waals surface area contributed by atoms with Crippen LogP contribution in [-0.2, 0) is 6.42 Å². The van der Waals surface area contributed by atoms with Crippen LogP contribution in [0.15, 0.2) is 46.2 Å². The molecule has 0 fully saturated rings. The zero-order valence-electron chi connectivity index (χ0n) is 11.4. The number of hydrogen-bond acceptors (Lipinski definition) is 4. The van der Waals surface area contributed by atoms with E-state index in [2.05, 4.69) is 11.4 Å². The van der Waals surface area contributed by atoms with Crippen LogP contribution >= 0.6 is 22.7 Å². The van der Waals surface area contributed by atoms with E-state index in [0.29, 0.717) is 0 Å². The predicted molar refractivity (Wildman–Crippen MR) is 88.7 cm³/mol. The van der Waals surface area contributed by atoms with Crippen molar-refractivity contribution in [2.45, 2.75) is 13.3 Å². The van der Waals surface area contributed by atoms with Gasteiger partial charge in [0.05, 0.1) is 10.4 Å². The first-order valence-corrected chi connectivity index (χ1v) is 8.49. The minimum atomic E-state index is 0.0743. The molecule has 0 atom stereocenters. The Morgan fingerprint density at radius 1 is 1.19 bits per heavy atom. The summed E-state index contributed by atoms with van der Waals surface area (Å²) >= 11 is 3.23. The van der Waals surface area contributed by atoms with Gasteiger partial charge < -0.3 is 4.42 Å². The Hall–Kier alpha value is -1.91. The molecule has 3 aromatic heterocycles. The fraction of sp³-hybridized carbons (Fsp3) is 0.118. The van der Waals surface area contributed by atoms with Gasteiger partial charge in [0.15, 0.2) is 0 Å². The lowest BCUT2D eigenvalue weighted by Crippen LogP contribution is -2.00. The third kappa shape index (κ3) is 1.94. The molecule has 0 aliphatic rings. The molecule has 21 heavy (non-hydrogen) atoms. The van der Waals surface area contributed by atoms with Crippen LogP contribution in [-0.4, -0.2) is 5.78 Å². The molecule has 1 aromatic carbocycles. The summed E-state index contributed by atoms with van der Waals surface area (Å²) in [6, 6.07) is 11.8. The molecule has 3 heterocycles. The van der Waals surface area contributed by atoms with Gasteiger partial charge >= 0.3 is 0 Å². The van der Waals surface area contributed by atoms with Gasteiger partial charge in [-0.1, -0.05) is 25.1 Å². The minimum absolute atomic E-state index is 0.0743. The molecule has 0 saturated heterocycles. The second-order valence-electron chi connectivity index (χ2n) is 4.84. The zero-order valence-corrected chi connectivity index (χ0v) is 13.0. The maximum Gasteiger partial charge on any atom is 0.207 e. The number of aryl methyl sites for hydroxylation is 1. The van der Waals surface area contributed by atoms with Gasteiger partial charge in [-0.2, -0.15) is 0 Å². The van der Waals surface area contributed by atoms with Crippen molar-refractivity contribution in [2.75, 3.05) is 0 Å². The van der Waals surface area contributed by atoms with E-state index in [1.807, 2.05) is 37.3 Å². The van der Waals surface area contributed by atoms with Crippen LogP contribution in [0.2, 0.25) is 0 Å². The van der Waals surface area contributed by atoms with E-state index >= 15 is 0 Å². The van der Waals surface area contributed by atoms with Gasteiger partial charge in [-0.25, -0.2) is 0 Å². The molecule has 2 nitrogen and oxygen atoms in total. The maximum atomic E-state index is 12.9. The van der Waals surface area contributed by atoms with Crippen LogP contribution in [0.5, 0.6) is 0 Å². The molecule has 0 aliphatic heterocycles. The highest BCUT2D eigenvalue weighted by Crippen LogP contribution is 2.34. The first-order chi connectivity index (χ1) is 10.3. The molecular weight excluding hydrogens is 300 g/mol. The van der Waals surface area contributed by atoms with E-state index in [1.54, 1.807) is 22.7 Å². The smallest absolute Gasteiger partial charge is 0.207 e. The summed E-state index contributed by atoms with van der Waals surface area (Å²) in [6.07, 6.45) is 0.718. The average molecular weight is 312 g/mol. The van der Waals surface area contributed by atoms with Gasteiger partial charge in [0.25, 0.3) is 0 Å². The lowest BCUT2D eigenvalue weighted by atomic mass is 10.0. The Labute approximate surface area is 129 Å². The Bertz CT molecular complexity index is 927. The average Bonchev–Trinajstić information content (AvgIpc) is 3.17. The molecule has 4 aromatic rings. The van der Waals surface area contributed by atoms with Gasteiger partial charge in [0, 0.05) is 21.2 Å². The standard InChI is InChI=1S/C17H12O2S2/c1-2-11-16(10-5-3-4-6-12(10)19-11)17(18)15-9-14-13(21-15)7-8-20-14/h3-9H,2H2,1H3. The molecular formula is C17H12O2S2. The van der Waals surface area contributed by atoms with Crippen LogP contribution < -0.4 is 0 Å². The Balaban J connectivity index is 1.92. The number of benzene rings is 1. The Morgan fingerprint density at radius 2 is 2.05 bits per heavy atom. The highest BCUT2D eigenvalue weighted by molar-refractivity contribution is 7.28. The number of rotatable bonds is 3. The number of carbonyl (C=O) groups excluding carboxylic acids is 1. The number of para-hydroxylation sites is 1. The lowest BCUT2D eigenvalue weighted by Gasteiger charge is -1.98. The summed E-state index contributed by atoms with van der Waals surface area (Å²) in [5, 5.41) is 2.97. The van der Waals surface area contributed by atoms with Gasteiger partial charge in [0.2, 0.25) is 5.78 Å². The number of thiophene rings is 2. The summed E-state index contributed by atoms with van der Waals surface area (Å²) in [6.45, 7) is 2.02. The van der Waals surface area contributed by atoms with Crippen molar-refractivity contribution >= 4 is 48.8 Å². The van der Waals surface area contributed by atoms with E-state index in [0.717, 1.165) is 33.6 Å². The summed E-state index contributed by atoms with van der Waals surface area (Å²) in [5.41, 5.74) is 1.51. The van der Waals surface area contributed by atoms with E-state index < -0.39 is 0 Å². The summed E-state index contributed by atoms with van der Waals surface area (Å²) in [5.74, 6) is 0.850. The van der Waals surface area contributed by atoms with Crippen LogP contribution in [0.4, 0.5) is 0 Å². The van der Waals surface area contributed by atoms with Gasteiger partial charge in [-0.3, -0.25) is 4.79 Å². The second kappa shape index (κ2) is 4.83. The van der Waals surface area contributed by atoms with Gasteiger partial charge in [0.1, 0.15) is 11.3 Å². The number of fused-ring (bicyclic) bond motifs is 2. The minimum Gasteiger partial charge on any atom is -0.460 e. The fourth-order valence-corrected chi connectivity index (χ4v) is 4.65. The van der Waals surface area contributed by atoms with Crippen molar-refractivity contribution in [3.05, 3.63) is 58.0 Å². The molecule has 0 amide bonds. The van der Waals surface area contributed by atoms with Crippen molar-refractivity contribution in [2.24, 2.45) is 0 Å². The first-order valence-electron chi connectivity index (χ1n) is 6.80. The molecule has 0 aliphatic carbocycles. The Morgan fingerprint density at radius 3 is 2.86 bits per heavy atom. The van der Waals surface area contributed by atoms with Crippen molar-refractivity contribution in [1.82, 2.24) is 0 Å². The predicted octanol–water partition coefficient (Wildman–Crippen LogP) is 5.50. The van der Waals surface area contributed by atoms with E-state index in [1.165, 1.54) is 9.40 Å². The molecule has 4 heteroatoms.